The summed E-state index contributed by atoms with van der Waals surface area (Å²) in [5.74, 6) is -0.214. The van der Waals surface area contributed by atoms with Crippen molar-refractivity contribution in [2.45, 2.75) is 6.42 Å². The third-order valence-electron chi connectivity index (χ3n) is 2.54. The molecule has 1 amide bonds. The van der Waals surface area contributed by atoms with E-state index in [2.05, 4.69) is 16.9 Å². The fraction of sp³-hybridized carbons (Fsp3) is 0.143. The van der Waals surface area contributed by atoms with Gasteiger partial charge in [-0.25, -0.2) is 0 Å². The molecule has 0 atom stereocenters. The number of aromatic nitrogens is 1. The van der Waals surface area contributed by atoms with Crippen LogP contribution in [0.1, 0.15) is 5.56 Å². The number of nitrogens with one attached hydrogen (secondary N) is 2. The van der Waals surface area contributed by atoms with Gasteiger partial charge in [-0.1, -0.05) is 36.9 Å². The molecule has 2 rings (SSSR count). The van der Waals surface area contributed by atoms with Gasteiger partial charge in [-0.05, 0) is 12.0 Å². The number of carbonyl (C=O) groups is 1. The Hall–Kier alpha value is -2.14. The molecule has 1 aromatic carbocycles. The van der Waals surface area contributed by atoms with Gasteiger partial charge >= 0.3 is 0 Å². The van der Waals surface area contributed by atoms with Gasteiger partial charge in [-0.3, -0.25) is 9.59 Å². The first-order valence-electron chi connectivity index (χ1n) is 5.87. The van der Waals surface area contributed by atoms with Crippen LogP contribution in [0.2, 0.25) is 0 Å². The van der Waals surface area contributed by atoms with E-state index in [9.17, 15) is 9.59 Å². The fourth-order valence-electron chi connectivity index (χ4n) is 1.60. The van der Waals surface area contributed by atoms with E-state index in [1.165, 1.54) is 23.0 Å². The monoisotopic (exact) mass is 274 g/mol. The van der Waals surface area contributed by atoms with Gasteiger partial charge in [0.25, 0.3) is 5.56 Å². The van der Waals surface area contributed by atoms with E-state index in [1.807, 2.05) is 30.3 Å². The van der Waals surface area contributed by atoms with Crippen LogP contribution in [-0.4, -0.2) is 17.4 Å². The van der Waals surface area contributed by atoms with Gasteiger partial charge in [0.1, 0.15) is 4.66 Å². The van der Waals surface area contributed by atoms with Crippen molar-refractivity contribution in [3.8, 4) is 0 Å². The van der Waals surface area contributed by atoms with Crippen LogP contribution in [-0.2, 0) is 11.2 Å². The Kier molecular flexibility index (Phi) is 4.30. The van der Waals surface area contributed by atoms with E-state index in [-0.39, 0.29) is 11.5 Å². The summed E-state index contributed by atoms with van der Waals surface area (Å²) in [5, 5.41) is 2.78. The summed E-state index contributed by atoms with van der Waals surface area (Å²) in [6.07, 6.45) is 2.16. The Morgan fingerprint density at radius 1 is 1.37 bits per heavy atom. The van der Waals surface area contributed by atoms with Crippen molar-refractivity contribution in [3.63, 3.8) is 0 Å². The molecule has 0 radical (unpaired) electrons. The largest absolute Gasteiger partial charge is 0.352 e. The molecule has 19 heavy (non-hydrogen) atoms. The molecule has 2 aromatic rings. The summed E-state index contributed by atoms with van der Waals surface area (Å²) in [5.41, 5.74) is 0.931. The van der Waals surface area contributed by atoms with Crippen LogP contribution in [0, 0.1) is 0 Å². The number of carbonyl (C=O) groups excluding carboxylic acids is 1. The molecule has 1 aromatic heterocycles. The smallest absolute Gasteiger partial charge is 0.265 e. The number of hydrogen-bond acceptors (Lipinski definition) is 3. The van der Waals surface area contributed by atoms with Crippen molar-refractivity contribution in [2.75, 3.05) is 6.54 Å². The number of amides is 1. The Labute approximate surface area is 114 Å². The van der Waals surface area contributed by atoms with E-state index in [0.717, 1.165) is 6.42 Å². The third-order valence-corrected chi connectivity index (χ3v) is 3.41. The molecule has 0 bridgehead atoms. The van der Waals surface area contributed by atoms with Gasteiger partial charge < -0.3 is 10.3 Å². The molecule has 0 spiro atoms. The molecule has 2 N–H and O–H groups in total. The van der Waals surface area contributed by atoms with Gasteiger partial charge in [0.05, 0.1) is 4.53 Å². The summed E-state index contributed by atoms with van der Waals surface area (Å²) >= 11 is 1.18. The van der Waals surface area contributed by atoms with Crippen LogP contribution in [0.3, 0.4) is 0 Å². The number of benzene rings is 1. The fourth-order valence-corrected chi connectivity index (χ4v) is 2.32. The van der Waals surface area contributed by atoms with E-state index >= 15 is 0 Å². The van der Waals surface area contributed by atoms with Crippen LogP contribution in [0.5, 0.6) is 0 Å². The maximum absolute atomic E-state index is 11.6. The minimum atomic E-state index is -0.242. The van der Waals surface area contributed by atoms with Crippen molar-refractivity contribution >= 4 is 29.9 Å². The first kappa shape index (κ1) is 13.3. The Balaban J connectivity index is 1.90. The molecule has 4 nitrogen and oxygen atoms in total. The summed E-state index contributed by atoms with van der Waals surface area (Å²) < 4.78 is 0.926. The van der Waals surface area contributed by atoms with E-state index in [4.69, 9.17) is 0 Å². The highest BCUT2D eigenvalue weighted by Gasteiger charge is 1.98. The lowest BCUT2D eigenvalue weighted by atomic mass is 10.1. The summed E-state index contributed by atoms with van der Waals surface area (Å²) in [6.45, 7) is 4.13. The Morgan fingerprint density at radius 2 is 2.11 bits per heavy atom. The average Bonchev–Trinajstić information content (AvgIpc) is 2.69. The van der Waals surface area contributed by atoms with Crippen molar-refractivity contribution < 1.29 is 4.79 Å². The Bertz CT molecular complexity index is 685. The topological polar surface area (TPSA) is 62.0 Å². The minimum Gasteiger partial charge on any atom is -0.352 e. The highest BCUT2D eigenvalue weighted by molar-refractivity contribution is 7.07. The van der Waals surface area contributed by atoms with Crippen LogP contribution in [0.4, 0.5) is 0 Å². The first-order valence-corrected chi connectivity index (χ1v) is 6.68. The second-order valence-electron chi connectivity index (χ2n) is 4.01. The maximum atomic E-state index is 11.6. The van der Waals surface area contributed by atoms with Gasteiger partial charge in [0, 0.05) is 12.6 Å². The van der Waals surface area contributed by atoms with Gasteiger partial charge in [0.2, 0.25) is 5.91 Å². The highest BCUT2D eigenvalue weighted by Crippen LogP contribution is 1.97. The van der Waals surface area contributed by atoms with Crippen molar-refractivity contribution in [3.05, 3.63) is 55.4 Å². The minimum absolute atomic E-state index is 0.214. The molecule has 0 fully saturated rings. The number of aromatic amines is 1. The van der Waals surface area contributed by atoms with Crippen LogP contribution in [0.15, 0.2) is 35.1 Å². The second kappa shape index (κ2) is 6.15. The molecule has 1 heterocycles. The predicted octanol–water partition coefficient (Wildman–Crippen LogP) is -0.0139. The zero-order chi connectivity index (χ0) is 13.7. The van der Waals surface area contributed by atoms with Gasteiger partial charge in [-0.15, -0.1) is 11.3 Å². The maximum Gasteiger partial charge on any atom is 0.265 e. The molecule has 98 valence electrons. The molecule has 0 aliphatic heterocycles. The second-order valence-corrected chi connectivity index (χ2v) is 5.15. The van der Waals surface area contributed by atoms with Gasteiger partial charge in [0.15, 0.2) is 0 Å². The van der Waals surface area contributed by atoms with Crippen molar-refractivity contribution in [1.29, 1.82) is 0 Å². The summed E-state index contributed by atoms with van der Waals surface area (Å²) in [4.78, 5) is 25.3. The average molecular weight is 274 g/mol. The Morgan fingerprint density at radius 3 is 2.74 bits per heavy atom. The molecule has 0 aliphatic carbocycles. The molecular formula is C14H14N2O2S. The lowest BCUT2D eigenvalue weighted by molar-refractivity contribution is -0.115. The van der Waals surface area contributed by atoms with E-state index in [0.29, 0.717) is 15.7 Å². The molecule has 0 aliphatic rings. The number of rotatable bonds is 4. The molecule has 0 saturated heterocycles. The predicted molar refractivity (Wildman–Crippen MR) is 77.3 cm³/mol. The van der Waals surface area contributed by atoms with Crippen LogP contribution in [0.25, 0.3) is 12.7 Å². The summed E-state index contributed by atoms with van der Waals surface area (Å²) in [6, 6.07) is 9.92. The number of hydrogen-bond donors (Lipinski definition) is 2. The summed E-state index contributed by atoms with van der Waals surface area (Å²) in [7, 11) is 0. The van der Waals surface area contributed by atoms with E-state index in [1.54, 1.807) is 0 Å². The quantitative estimate of drug-likeness (QED) is 0.823. The third kappa shape index (κ3) is 3.93. The van der Waals surface area contributed by atoms with E-state index < -0.39 is 0 Å². The number of H-pyrrole nitrogens is 1. The standard InChI is InChI=1S/C14H14N2O2S/c1-10-14(18)16-13(19-10)9-12(17)15-8-7-11-5-3-2-4-6-11/h2-6,9H,1,7-8H2,(H,15,17)(H,16,18)/b13-9-. The molecular weight excluding hydrogens is 260 g/mol. The molecule has 0 saturated carbocycles. The highest BCUT2D eigenvalue weighted by atomic mass is 32.1. The zero-order valence-electron chi connectivity index (χ0n) is 10.3. The first-order chi connectivity index (χ1) is 9.15. The van der Waals surface area contributed by atoms with Crippen molar-refractivity contribution in [1.82, 2.24) is 10.3 Å². The SMILES string of the molecule is C=c1s/c(=C\C(=O)NCCc2ccccc2)[nH]c1=O. The van der Waals surface area contributed by atoms with Crippen LogP contribution >= 0.6 is 11.3 Å². The van der Waals surface area contributed by atoms with Crippen molar-refractivity contribution in [2.24, 2.45) is 0 Å². The number of thiazole rings is 1. The zero-order valence-corrected chi connectivity index (χ0v) is 11.1. The van der Waals surface area contributed by atoms with Gasteiger partial charge in [-0.2, -0.15) is 0 Å². The lowest BCUT2D eigenvalue weighted by Crippen LogP contribution is -2.25. The van der Waals surface area contributed by atoms with Crippen LogP contribution < -0.4 is 20.1 Å². The molecule has 0 unspecified atom stereocenters. The molecule has 5 heteroatoms. The normalized spacial score (nSPS) is 11.5. The lowest BCUT2D eigenvalue weighted by Gasteiger charge is -2.01.